The summed E-state index contributed by atoms with van der Waals surface area (Å²) in [5.41, 5.74) is 6.83. The Morgan fingerprint density at radius 1 is 0.800 bits per heavy atom. The van der Waals surface area contributed by atoms with Gasteiger partial charge in [0.05, 0.1) is 0 Å². The van der Waals surface area contributed by atoms with Crippen LogP contribution in [0.4, 0.5) is 0 Å². The minimum absolute atomic E-state index is 0.206. The fourth-order valence-electron chi connectivity index (χ4n) is 3.70. The molecule has 0 radical (unpaired) electrons. The zero-order valence-corrected chi connectivity index (χ0v) is 16.3. The summed E-state index contributed by atoms with van der Waals surface area (Å²) >= 11 is 2.56. The summed E-state index contributed by atoms with van der Waals surface area (Å²) in [7, 11) is 0. The van der Waals surface area contributed by atoms with Crippen LogP contribution in [-0.4, -0.2) is 14.5 Å². The van der Waals surface area contributed by atoms with Gasteiger partial charge in [0.2, 0.25) is 0 Å². The van der Waals surface area contributed by atoms with Gasteiger partial charge >= 0.3 is 133 Å². The van der Waals surface area contributed by atoms with E-state index in [1.54, 1.807) is 30.4 Å². The zero-order chi connectivity index (χ0) is 15.0. The van der Waals surface area contributed by atoms with Crippen LogP contribution in [0.2, 0.25) is 0 Å². The first-order chi connectivity index (χ1) is 9.10. The van der Waals surface area contributed by atoms with Crippen LogP contribution in [0.15, 0.2) is 0 Å². The topological polar surface area (TPSA) is 0 Å². The Balaban J connectivity index is 2.50. The summed E-state index contributed by atoms with van der Waals surface area (Å²) in [6.07, 6.45) is 0. The van der Waals surface area contributed by atoms with Crippen LogP contribution < -0.4 is 0 Å². The predicted octanol–water partition coefficient (Wildman–Crippen LogP) is 5.27. The third-order valence-corrected chi connectivity index (χ3v) is 9.88. The molecular formula is C18H24SSe. The first-order valence-corrected chi connectivity index (χ1v) is 9.85. The molecule has 2 heterocycles. The van der Waals surface area contributed by atoms with Gasteiger partial charge in [0.25, 0.3) is 0 Å². The quantitative estimate of drug-likeness (QED) is 0.567. The van der Waals surface area contributed by atoms with Gasteiger partial charge in [-0.25, -0.2) is 0 Å². The number of hydrogen-bond donors (Lipinski definition) is 0. The number of hydrogen-bond acceptors (Lipinski definition) is 1. The van der Waals surface area contributed by atoms with E-state index in [9.17, 15) is 0 Å². The van der Waals surface area contributed by atoms with Crippen LogP contribution in [0.25, 0.3) is 9.31 Å². The Kier molecular flexibility index (Phi) is 3.01. The molecule has 0 aromatic carbocycles. The van der Waals surface area contributed by atoms with Crippen LogP contribution in [0.1, 0.15) is 59.3 Å². The molecule has 0 aliphatic heterocycles. The fourth-order valence-corrected chi connectivity index (χ4v) is 8.11. The van der Waals surface area contributed by atoms with Gasteiger partial charge in [-0.2, -0.15) is 0 Å². The van der Waals surface area contributed by atoms with E-state index in [0.29, 0.717) is 14.5 Å². The monoisotopic (exact) mass is 352 g/mol. The average Bonchev–Trinajstić information content (AvgIpc) is 2.78. The van der Waals surface area contributed by atoms with E-state index in [1.807, 2.05) is 11.3 Å². The van der Waals surface area contributed by atoms with Crippen LogP contribution >= 0.6 is 11.3 Å². The third kappa shape index (κ3) is 1.54. The predicted molar refractivity (Wildman–Crippen MR) is 91.7 cm³/mol. The SMILES string of the molecule is Cc1sc2c(c1C)C(C)(C)C(C)(C)c1c-2[se]c(C)c1C. The standard InChI is InChI=1S/C18H24SSe/c1-9-11(3)19-15-13(9)17(5,6)18(7,8)14-10(2)12(4)20-16(14)15/h1-8H3. The molecular weight excluding hydrogens is 327 g/mol. The van der Waals surface area contributed by atoms with Crippen molar-refractivity contribution >= 4 is 25.8 Å². The van der Waals surface area contributed by atoms with Gasteiger partial charge in [0.15, 0.2) is 0 Å². The van der Waals surface area contributed by atoms with Crippen molar-refractivity contribution in [3.63, 3.8) is 0 Å². The van der Waals surface area contributed by atoms with E-state index < -0.39 is 0 Å². The Morgan fingerprint density at radius 3 is 1.95 bits per heavy atom. The summed E-state index contributed by atoms with van der Waals surface area (Å²) in [4.78, 5) is 3.11. The zero-order valence-electron chi connectivity index (χ0n) is 13.8. The van der Waals surface area contributed by atoms with Gasteiger partial charge in [0, 0.05) is 0 Å². The maximum absolute atomic E-state index is 2.45. The molecule has 20 heavy (non-hydrogen) atoms. The fraction of sp³-hybridized carbons (Fsp3) is 0.556. The van der Waals surface area contributed by atoms with Crippen LogP contribution in [0.3, 0.4) is 0 Å². The Morgan fingerprint density at radius 2 is 1.35 bits per heavy atom. The van der Waals surface area contributed by atoms with E-state index in [4.69, 9.17) is 0 Å². The van der Waals surface area contributed by atoms with Crippen molar-refractivity contribution in [2.24, 2.45) is 0 Å². The molecule has 1 aliphatic carbocycles. The number of thiophene rings is 1. The molecule has 0 amide bonds. The minimum atomic E-state index is 0.206. The van der Waals surface area contributed by atoms with Crippen molar-refractivity contribution in [1.29, 1.82) is 0 Å². The van der Waals surface area contributed by atoms with Gasteiger partial charge in [-0.15, -0.1) is 0 Å². The molecule has 3 rings (SSSR count). The van der Waals surface area contributed by atoms with Crippen LogP contribution in [0, 0.1) is 27.7 Å². The second-order valence-electron chi connectivity index (χ2n) is 7.22. The third-order valence-electron chi connectivity index (χ3n) is 5.79. The van der Waals surface area contributed by atoms with Crippen molar-refractivity contribution in [2.45, 2.75) is 66.2 Å². The van der Waals surface area contributed by atoms with Crippen molar-refractivity contribution in [3.8, 4) is 9.31 Å². The van der Waals surface area contributed by atoms with Gasteiger partial charge < -0.3 is 0 Å². The van der Waals surface area contributed by atoms with Gasteiger partial charge in [-0.3, -0.25) is 0 Å². The first kappa shape index (κ1) is 14.6. The molecule has 2 aromatic heterocycles. The van der Waals surface area contributed by atoms with E-state index in [-0.39, 0.29) is 10.8 Å². The van der Waals surface area contributed by atoms with Gasteiger partial charge in [-0.1, -0.05) is 0 Å². The Hall–Kier alpha value is -0.301. The molecule has 0 unspecified atom stereocenters. The number of fused-ring (bicyclic) bond motifs is 3. The van der Waals surface area contributed by atoms with Crippen molar-refractivity contribution < 1.29 is 0 Å². The molecule has 2 aromatic rings. The van der Waals surface area contributed by atoms with Gasteiger partial charge in [-0.05, 0) is 0 Å². The van der Waals surface area contributed by atoms with E-state index in [0.717, 1.165) is 0 Å². The van der Waals surface area contributed by atoms with Gasteiger partial charge in [0.1, 0.15) is 0 Å². The van der Waals surface area contributed by atoms with E-state index in [1.165, 1.54) is 10.4 Å². The second kappa shape index (κ2) is 4.12. The number of aryl methyl sites for hydroxylation is 2. The van der Waals surface area contributed by atoms with Crippen LogP contribution in [-0.2, 0) is 10.8 Å². The molecule has 0 atom stereocenters. The summed E-state index contributed by atoms with van der Waals surface area (Å²) < 4.78 is 3.32. The molecule has 0 saturated carbocycles. The summed E-state index contributed by atoms with van der Waals surface area (Å²) in [6, 6.07) is 0. The van der Waals surface area contributed by atoms with Crippen LogP contribution in [0.5, 0.6) is 0 Å². The van der Waals surface area contributed by atoms with E-state index in [2.05, 4.69) is 55.4 Å². The first-order valence-electron chi connectivity index (χ1n) is 7.32. The normalized spacial score (nSPS) is 18.8. The Bertz CT molecular complexity index is 648. The molecule has 0 nitrogen and oxygen atoms in total. The van der Waals surface area contributed by atoms with Crippen molar-refractivity contribution in [2.75, 3.05) is 0 Å². The molecule has 0 fully saturated rings. The van der Waals surface area contributed by atoms with E-state index >= 15 is 0 Å². The molecule has 0 bridgehead atoms. The molecule has 1 aliphatic rings. The summed E-state index contributed by atoms with van der Waals surface area (Å²) in [5, 5.41) is 0. The molecule has 0 spiro atoms. The Labute approximate surface area is 133 Å². The summed E-state index contributed by atoms with van der Waals surface area (Å²) in [5.74, 6) is 0. The average molecular weight is 351 g/mol. The maximum atomic E-state index is 2.45. The molecule has 2 heteroatoms. The molecule has 0 saturated heterocycles. The molecule has 108 valence electrons. The summed E-state index contributed by atoms with van der Waals surface area (Å²) in [6.45, 7) is 19.1. The number of rotatable bonds is 0. The van der Waals surface area contributed by atoms with Crippen molar-refractivity contribution in [1.82, 2.24) is 0 Å². The second-order valence-corrected chi connectivity index (χ2v) is 11.0. The van der Waals surface area contributed by atoms with Crippen molar-refractivity contribution in [3.05, 3.63) is 31.6 Å². The molecule has 0 N–H and O–H groups in total.